The van der Waals surface area contributed by atoms with Gasteiger partial charge < -0.3 is 10.4 Å². The molecule has 1 amide bonds. The molecule has 0 radical (unpaired) electrons. The third kappa shape index (κ3) is 2.92. The van der Waals surface area contributed by atoms with Crippen molar-refractivity contribution in [2.45, 2.75) is 6.92 Å². The monoisotopic (exact) mass is 291 g/mol. The van der Waals surface area contributed by atoms with Crippen LogP contribution in [-0.4, -0.2) is 27.0 Å². The summed E-state index contributed by atoms with van der Waals surface area (Å²) in [7, 11) is 0. The zero-order chi connectivity index (χ0) is 14.7. The molecule has 0 saturated heterocycles. The highest BCUT2D eigenvalue weighted by Crippen LogP contribution is 2.20. The molecule has 0 atom stereocenters. The summed E-state index contributed by atoms with van der Waals surface area (Å²) in [6, 6.07) is 4.94. The summed E-state index contributed by atoms with van der Waals surface area (Å²) in [6.07, 6.45) is 2.48. The Morgan fingerprint density at radius 3 is 2.45 bits per heavy atom. The molecule has 1 aromatic carbocycles. The summed E-state index contributed by atoms with van der Waals surface area (Å²) in [6.45, 7) is 1.77. The minimum absolute atomic E-state index is 0.241. The number of nitrogens with zero attached hydrogens (tertiary/aromatic N) is 2. The van der Waals surface area contributed by atoms with E-state index in [0.29, 0.717) is 10.7 Å². The Hall–Kier alpha value is -2.47. The number of rotatable bonds is 3. The fourth-order valence-electron chi connectivity index (χ4n) is 1.61. The van der Waals surface area contributed by atoms with Crippen molar-refractivity contribution < 1.29 is 14.7 Å². The summed E-state index contributed by atoms with van der Waals surface area (Å²) in [5, 5.41) is 12.1. The molecule has 0 unspecified atom stereocenters. The average Bonchev–Trinajstić information content (AvgIpc) is 2.41. The van der Waals surface area contributed by atoms with E-state index in [1.165, 1.54) is 12.4 Å². The van der Waals surface area contributed by atoms with Crippen LogP contribution in [0.25, 0.3) is 0 Å². The lowest BCUT2D eigenvalue weighted by atomic mass is 10.2. The Morgan fingerprint density at radius 2 is 1.85 bits per heavy atom. The van der Waals surface area contributed by atoms with E-state index in [0.717, 1.165) is 5.56 Å². The minimum atomic E-state index is -1.31. The number of carbonyl (C=O) groups is 2. The van der Waals surface area contributed by atoms with Crippen molar-refractivity contribution in [1.29, 1.82) is 0 Å². The molecule has 20 heavy (non-hydrogen) atoms. The van der Waals surface area contributed by atoms with E-state index in [1.54, 1.807) is 25.1 Å². The number of halogens is 1. The molecule has 0 aliphatic rings. The van der Waals surface area contributed by atoms with Crippen molar-refractivity contribution >= 4 is 29.2 Å². The van der Waals surface area contributed by atoms with Crippen molar-refractivity contribution in [2.24, 2.45) is 0 Å². The zero-order valence-electron chi connectivity index (χ0n) is 10.4. The van der Waals surface area contributed by atoms with Crippen LogP contribution >= 0.6 is 11.6 Å². The number of hydrogen-bond acceptors (Lipinski definition) is 4. The van der Waals surface area contributed by atoms with Crippen LogP contribution in [0.2, 0.25) is 5.02 Å². The number of hydrogen-bond donors (Lipinski definition) is 2. The highest BCUT2D eigenvalue weighted by atomic mass is 35.5. The first-order chi connectivity index (χ1) is 9.49. The van der Waals surface area contributed by atoms with Crippen LogP contribution in [0, 0.1) is 6.92 Å². The molecule has 2 rings (SSSR count). The largest absolute Gasteiger partial charge is 0.476 e. The van der Waals surface area contributed by atoms with E-state index < -0.39 is 17.6 Å². The number of aromatic carboxylic acids is 1. The van der Waals surface area contributed by atoms with Gasteiger partial charge in [-0.2, -0.15) is 0 Å². The van der Waals surface area contributed by atoms with E-state index in [9.17, 15) is 9.59 Å². The second-order valence-corrected chi connectivity index (χ2v) is 4.41. The van der Waals surface area contributed by atoms with E-state index in [1.807, 2.05) is 0 Å². The summed E-state index contributed by atoms with van der Waals surface area (Å²) < 4.78 is 0. The maximum Gasteiger partial charge on any atom is 0.356 e. The quantitative estimate of drug-likeness (QED) is 0.906. The molecule has 2 N–H and O–H groups in total. The molecule has 1 aromatic heterocycles. The van der Waals surface area contributed by atoms with Gasteiger partial charge in [0, 0.05) is 23.1 Å². The standard InChI is InChI=1S/C13H10ClN3O3/c1-7-6-8(14)2-3-9(7)17-12(18)10-11(13(19)20)16-5-4-15-10/h2-6H,1H3,(H,17,18)(H,19,20). The Bertz CT molecular complexity index is 688. The van der Waals surface area contributed by atoms with Crippen LogP contribution in [0.4, 0.5) is 5.69 Å². The number of nitrogens with one attached hydrogen (secondary N) is 1. The molecule has 102 valence electrons. The van der Waals surface area contributed by atoms with Crippen LogP contribution in [0.3, 0.4) is 0 Å². The van der Waals surface area contributed by atoms with Gasteiger partial charge in [-0.25, -0.2) is 14.8 Å². The minimum Gasteiger partial charge on any atom is -0.476 e. The maximum absolute atomic E-state index is 12.1. The molecule has 0 fully saturated rings. The van der Waals surface area contributed by atoms with E-state index >= 15 is 0 Å². The van der Waals surface area contributed by atoms with Gasteiger partial charge >= 0.3 is 5.97 Å². The Labute approximate surface area is 119 Å². The molecule has 1 heterocycles. The number of anilines is 1. The van der Waals surface area contributed by atoms with Crippen molar-refractivity contribution in [3.63, 3.8) is 0 Å². The maximum atomic E-state index is 12.1. The lowest BCUT2D eigenvalue weighted by Crippen LogP contribution is -2.19. The lowest BCUT2D eigenvalue weighted by Gasteiger charge is -2.09. The molecule has 0 spiro atoms. The first kappa shape index (κ1) is 14.0. The summed E-state index contributed by atoms with van der Waals surface area (Å²) in [4.78, 5) is 30.5. The van der Waals surface area contributed by atoms with Gasteiger partial charge in [-0.05, 0) is 30.7 Å². The molecular formula is C13H10ClN3O3. The SMILES string of the molecule is Cc1cc(Cl)ccc1NC(=O)c1nccnc1C(=O)O. The van der Waals surface area contributed by atoms with Gasteiger partial charge in [0.1, 0.15) is 0 Å². The van der Waals surface area contributed by atoms with Crippen molar-refractivity contribution in [3.8, 4) is 0 Å². The highest BCUT2D eigenvalue weighted by molar-refractivity contribution is 6.30. The molecule has 0 aliphatic carbocycles. The second kappa shape index (κ2) is 5.66. The number of aromatic nitrogens is 2. The van der Waals surface area contributed by atoms with Gasteiger partial charge in [0.15, 0.2) is 11.4 Å². The first-order valence-electron chi connectivity index (χ1n) is 5.61. The molecule has 7 heteroatoms. The van der Waals surface area contributed by atoms with Gasteiger partial charge in [0.25, 0.3) is 5.91 Å². The number of carboxylic acids is 1. The number of carbonyl (C=O) groups excluding carboxylic acids is 1. The van der Waals surface area contributed by atoms with Gasteiger partial charge in [-0.1, -0.05) is 11.6 Å². The molecule has 0 saturated carbocycles. The van der Waals surface area contributed by atoms with Crippen LogP contribution in [0.5, 0.6) is 0 Å². The smallest absolute Gasteiger partial charge is 0.356 e. The predicted molar refractivity (Wildman–Crippen MR) is 73.1 cm³/mol. The Balaban J connectivity index is 2.31. The van der Waals surface area contributed by atoms with Crippen molar-refractivity contribution in [3.05, 3.63) is 52.6 Å². The predicted octanol–water partition coefficient (Wildman–Crippen LogP) is 2.39. The Morgan fingerprint density at radius 1 is 1.20 bits per heavy atom. The van der Waals surface area contributed by atoms with Gasteiger partial charge in [0.05, 0.1) is 0 Å². The summed E-state index contributed by atoms with van der Waals surface area (Å²) in [5.41, 5.74) is 0.652. The molecule has 0 bridgehead atoms. The van der Waals surface area contributed by atoms with Gasteiger partial charge in [-0.3, -0.25) is 4.79 Å². The van der Waals surface area contributed by atoms with Crippen LogP contribution in [-0.2, 0) is 0 Å². The lowest BCUT2D eigenvalue weighted by molar-refractivity contribution is 0.0685. The van der Waals surface area contributed by atoms with Gasteiger partial charge in [-0.15, -0.1) is 0 Å². The van der Waals surface area contributed by atoms with Crippen LogP contribution in [0.1, 0.15) is 26.5 Å². The highest BCUT2D eigenvalue weighted by Gasteiger charge is 2.19. The molecule has 6 nitrogen and oxygen atoms in total. The topological polar surface area (TPSA) is 92.2 Å². The summed E-state index contributed by atoms with van der Waals surface area (Å²) >= 11 is 5.82. The fourth-order valence-corrected chi connectivity index (χ4v) is 1.84. The fraction of sp³-hybridized carbons (Fsp3) is 0.0769. The Kier molecular flexibility index (Phi) is 3.95. The van der Waals surface area contributed by atoms with Gasteiger partial charge in [0.2, 0.25) is 0 Å². The molecule has 0 aliphatic heterocycles. The number of benzene rings is 1. The van der Waals surface area contributed by atoms with E-state index in [2.05, 4.69) is 15.3 Å². The number of aryl methyl sites for hydroxylation is 1. The van der Waals surface area contributed by atoms with Crippen molar-refractivity contribution in [2.75, 3.05) is 5.32 Å². The molecular weight excluding hydrogens is 282 g/mol. The average molecular weight is 292 g/mol. The third-order valence-electron chi connectivity index (χ3n) is 2.55. The number of amides is 1. The normalized spacial score (nSPS) is 10.1. The van der Waals surface area contributed by atoms with Crippen molar-refractivity contribution in [1.82, 2.24) is 9.97 Å². The second-order valence-electron chi connectivity index (χ2n) is 3.97. The number of carboxylic acid groups (broad SMARTS) is 1. The van der Waals surface area contributed by atoms with E-state index in [-0.39, 0.29) is 5.69 Å². The van der Waals surface area contributed by atoms with Crippen LogP contribution in [0.15, 0.2) is 30.6 Å². The van der Waals surface area contributed by atoms with E-state index in [4.69, 9.17) is 16.7 Å². The first-order valence-corrected chi connectivity index (χ1v) is 5.98. The summed E-state index contributed by atoms with van der Waals surface area (Å²) in [5.74, 6) is -1.95. The zero-order valence-corrected chi connectivity index (χ0v) is 11.2. The molecule has 2 aromatic rings. The third-order valence-corrected chi connectivity index (χ3v) is 2.79. The van der Waals surface area contributed by atoms with Crippen LogP contribution < -0.4 is 5.32 Å².